The third-order valence-electron chi connectivity index (χ3n) is 2.60. The van der Waals surface area contributed by atoms with Crippen molar-refractivity contribution >= 4 is 23.1 Å². The summed E-state index contributed by atoms with van der Waals surface area (Å²) in [6, 6.07) is 10.6. The maximum atomic E-state index is 11.5. The van der Waals surface area contributed by atoms with Crippen LogP contribution in [-0.2, 0) is 0 Å². The molecule has 0 fully saturated rings. The van der Waals surface area contributed by atoms with Crippen LogP contribution in [0.4, 0.5) is 5.69 Å². The molecular weight excluding hydrogens is 282 g/mol. The standard InChI is InChI=1S/C14H10ClNO4/c1-9(17)11-4-2-3-5-13(11)20-14-7-6-10(15)8-12(14)16(18)19/h2-8H,1H3. The minimum Gasteiger partial charge on any atom is -0.449 e. The Morgan fingerprint density at radius 3 is 2.55 bits per heavy atom. The highest BCUT2D eigenvalue weighted by atomic mass is 35.5. The molecule has 0 saturated heterocycles. The Morgan fingerprint density at radius 1 is 1.20 bits per heavy atom. The molecule has 102 valence electrons. The van der Waals surface area contributed by atoms with Gasteiger partial charge in [0.15, 0.2) is 5.78 Å². The number of halogens is 1. The highest BCUT2D eigenvalue weighted by Crippen LogP contribution is 2.34. The van der Waals surface area contributed by atoms with Crippen molar-refractivity contribution in [2.75, 3.05) is 0 Å². The average molecular weight is 292 g/mol. The van der Waals surface area contributed by atoms with Gasteiger partial charge < -0.3 is 4.74 Å². The molecular formula is C14H10ClNO4. The summed E-state index contributed by atoms with van der Waals surface area (Å²) in [4.78, 5) is 21.9. The SMILES string of the molecule is CC(=O)c1ccccc1Oc1ccc(Cl)cc1[N+](=O)[O-]. The van der Waals surface area contributed by atoms with Crippen molar-refractivity contribution in [3.05, 3.63) is 63.2 Å². The molecule has 0 saturated carbocycles. The number of nitro groups is 1. The number of hydrogen-bond acceptors (Lipinski definition) is 4. The average Bonchev–Trinajstić information content (AvgIpc) is 2.41. The second-order valence-electron chi connectivity index (χ2n) is 4.02. The number of rotatable bonds is 4. The topological polar surface area (TPSA) is 69.4 Å². The van der Waals surface area contributed by atoms with Crippen molar-refractivity contribution in [2.24, 2.45) is 0 Å². The summed E-state index contributed by atoms with van der Waals surface area (Å²) in [5, 5.41) is 11.2. The molecule has 0 atom stereocenters. The van der Waals surface area contributed by atoms with Gasteiger partial charge in [-0.2, -0.15) is 0 Å². The summed E-state index contributed by atoms with van der Waals surface area (Å²) >= 11 is 5.73. The maximum Gasteiger partial charge on any atom is 0.313 e. The van der Waals surface area contributed by atoms with E-state index in [0.29, 0.717) is 5.56 Å². The van der Waals surface area contributed by atoms with E-state index in [-0.39, 0.29) is 28.0 Å². The number of ether oxygens (including phenoxy) is 1. The van der Waals surface area contributed by atoms with Crippen LogP contribution in [0.2, 0.25) is 5.02 Å². The second-order valence-corrected chi connectivity index (χ2v) is 4.46. The summed E-state index contributed by atoms with van der Waals surface area (Å²) in [5.74, 6) is 0.121. The molecule has 0 unspecified atom stereocenters. The van der Waals surface area contributed by atoms with Gasteiger partial charge in [0.25, 0.3) is 0 Å². The Hall–Kier alpha value is -2.40. The van der Waals surface area contributed by atoms with Crippen LogP contribution in [0.15, 0.2) is 42.5 Å². The predicted molar refractivity (Wildman–Crippen MR) is 74.6 cm³/mol. The normalized spacial score (nSPS) is 10.1. The molecule has 0 bridgehead atoms. The quantitative estimate of drug-likeness (QED) is 0.480. The molecule has 20 heavy (non-hydrogen) atoms. The van der Waals surface area contributed by atoms with E-state index in [0.717, 1.165) is 0 Å². The molecule has 0 aliphatic carbocycles. The Bertz CT molecular complexity index is 685. The molecule has 0 aromatic heterocycles. The third-order valence-corrected chi connectivity index (χ3v) is 2.84. The van der Waals surface area contributed by atoms with Crippen molar-refractivity contribution in [3.8, 4) is 11.5 Å². The lowest BCUT2D eigenvalue weighted by molar-refractivity contribution is -0.385. The molecule has 0 heterocycles. The molecule has 0 spiro atoms. The Balaban J connectivity index is 2.45. The summed E-state index contributed by atoms with van der Waals surface area (Å²) in [7, 11) is 0. The smallest absolute Gasteiger partial charge is 0.313 e. The van der Waals surface area contributed by atoms with Crippen molar-refractivity contribution in [1.29, 1.82) is 0 Å². The minimum atomic E-state index is -0.586. The van der Waals surface area contributed by atoms with Crippen molar-refractivity contribution in [2.45, 2.75) is 6.92 Å². The van der Waals surface area contributed by atoms with Gasteiger partial charge >= 0.3 is 5.69 Å². The highest BCUT2D eigenvalue weighted by molar-refractivity contribution is 6.30. The first-order chi connectivity index (χ1) is 9.49. The van der Waals surface area contributed by atoms with Gasteiger partial charge in [0.1, 0.15) is 5.75 Å². The Morgan fingerprint density at radius 2 is 1.90 bits per heavy atom. The van der Waals surface area contributed by atoms with Gasteiger partial charge in [-0.1, -0.05) is 23.7 Å². The summed E-state index contributed by atoms with van der Waals surface area (Å²) in [6.07, 6.45) is 0. The van der Waals surface area contributed by atoms with Crippen molar-refractivity contribution < 1.29 is 14.5 Å². The number of hydrogen-bond donors (Lipinski definition) is 0. The van der Waals surface area contributed by atoms with E-state index in [1.165, 1.54) is 25.1 Å². The van der Waals surface area contributed by atoms with E-state index in [1.807, 2.05) is 0 Å². The number of ketones is 1. The number of carbonyl (C=O) groups is 1. The van der Waals surface area contributed by atoms with E-state index in [4.69, 9.17) is 16.3 Å². The molecule has 0 radical (unpaired) electrons. The summed E-state index contributed by atoms with van der Waals surface area (Å²) < 4.78 is 5.50. The number of benzene rings is 2. The van der Waals surface area contributed by atoms with Crippen LogP contribution in [0.1, 0.15) is 17.3 Å². The number of nitrogens with zero attached hydrogens (tertiary/aromatic N) is 1. The zero-order valence-corrected chi connectivity index (χ0v) is 11.3. The zero-order chi connectivity index (χ0) is 14.7. The zero-order valence-electron chi connectivity index (χ0n) is 10.5. The fourth-order valence-electron chi connectivity index (χ4n) is 1.68. The van der Waals surface area contributed by atoms with Gasteiger partial charge in [-0.15, -0.1) is 0 Å². The fourth-order valence-corrected chi connectivity index (χ4v) is 1.85. The third kappa shape index (κ3) is 2.95. The molecule has 2 aromatic rings. The minimum absolute atomic E-state index is 0.0353. The fraction of sp³-hybridized carbons (Fsp3) is 0.0714. The van der Waals surface area contributed by atoms with Gasteiger partial charge in [0.05, 0.1) is 10.5 Å². The number of Topliss-reactive ketones (excluding diaryl/α,β-unsaturated/α-hetero) is 1. The first-order valence-corrected chi connectivity index (χ1v) is 6.08. The number of para-hydroxylation sites is 1. The lowest BCUT2D eigenvalue weighted by Gasteiger charge is -2.09. The van der Waals surface area contributed by atoms with Gasteiger partial charge in [-0.05, 0) is 31.2 Å². The second kappa shape index (κ2) is 5.71. The molecule has 0 aliphatic heterocycles. The van der Waals surface area contributed by atoms with Crippen molar-refractivity contribution in [3.63, 3.8) is 0 Å². The lowest BCUT2D eigenvalue weighted by atomic mass is 10.1. The number of carbonyl (C=O) groups excluding carboxylic acids is 1. The van der Waals surface area contributed by atoms with Crippen LogP contribution < -0.4 is 4.74 Å². The van der Waals surface area contributed by atoms with Crippen LogP contribution >= 0.6 is 11.6 Å². The Kier molecular flexibility index (Phi) is 4.00. The summed E-state index contributed by atoms with van der Waals surface area (Å²) in [5.41, 5.74) is 0.104. The van der Waals surface area contributed by atoms with Gasteiger partial charge in [0.2, 0.25) is 5.75 Å². The van der Waals surface area contributed by atoms with Crippen molar-refractivity contribution in [1.82, 2.24) is 0 Å². The molecule has 0 aliphatic rings. The monoisotopic (exact) mass is 291 g/mol. The van der Waals surface area contributed by atoms with Crippen LogP contribution in [-0.4, -0.2) is 10.7 Å². The van der Waals surface area contributed by atoms with Crippen LogP contribution in [0.3, 0.4) is 0 Å². The Labute approximate surface area is 119 Å². The van der Waals surface area contributed by atoms with E-state index >= 15 is 0 Å². The lowest BCUT2D eigenvalue weighted by Crippen LogP contribution is -1.98. The van der Waals surface area contributed by atoms with E-state index < -0.39 is 4.92 Å². The first-order valence-electron chi connectivity index (χ1n) is 5.71. The highest BCUT2D eigenvalue weighted by Gasteiger charge is 2.18. The van der Waals surface area contributed by atoms with Gasteiger partial charge in [-0.25, -0.2) is 0 Å². The van der Waals surface area contributed by atoms with Crippen LogP contribution in [0, 0.1) is 10.1 Å². The number of nitro benzene ring substituents is 1. The van der Waals surface area contributed by atoms with Crippen LogP contribution in [0.25, 0.3) is 0 Å². The molecule has 2 aromatic carbocycles. The van der Waals surface area contributed by atoms with E-state index in [1.54, 1.807) is 24.3 Å². The van der Waals surface area contributed by atoms with Gasteiger partial charge in [-0.3, -0.25) is 14.9 Å². The molecule has 0 amide bonds. The molecule has 5 nitrogen and oxygen atoms in total. The molecule has 2 rings (SSSR count). The van der Waals surface area contributed by atoms with E-state index in [9.17, 15) is 14.9 Å². The first kappa shape index (κ1) is 14.0. The predicted octanol–water partition coefficient (Wildman–Crippen LogP) is 4.24. The molecule has 6 heteroatoms. The van der Waals surface area contributed by atoms with E-state index in [2.05, 4.69) is 0 Å². The maximum absolute atomic E-state index is 11.5. The van der Waals surface area contributed by atoms with Crippen LogP contribution in [0.5, 0.6) is 11.5 Å². The summed E-state index contributed by atoms with van der Waals surface area (Å²) in [6.45, 7) is 1.40. The van der Waals surface area contributed by atoms with Gasteiger partial charge in [0, 0.05) is 11.1 Å². The largest absolute Gasteiger partial charge is 0.449 e. The molecule has 0 N–H and O–H groups in total.